The van der Waals surface area contributed by atoms with Crippen LogP contribution in [0.25, 0.3) is 0 Å². The summed E-state index contributed by atoms with van der Waals surface area (Å²) in [5, 5.41) is 9.16. The molecular formula is C33H45FN6O2S. The molecule has 0 aliphatic heterocycles. The van der Waals surface area contributed by atoms with Crippen LogP contribution in [-0.2, 0) is 6.54 Å². The molecule has 2 amide bonds. The number of hydrogen-bond donors (Lipinski definition) is 2. The topological polar surface area (TPSA) is 80.3 Å². The minimum atomic E-state index is -0.451. The molecule has 0 unspecified atom stereocenters. The highest BCUT2D eigenvalue weighted by Crippen LogP contribution is 2.28. The van der Waals surface area contributed by atoms with E-state index in [1.54, 1.807) is 18.2 Å². The van der Waals surface area contributed by atoms with E-state index in [1.165, 1.54) is 29.7 Å². The lowest BCUT2D eigenvalue weighted by molar-refractivity contribution is 0.0956. The van der Waals surface area contributed by atoms with E-state index in [4.69, 9.17) is 0 Å². The Labute approximate surface area is 259 Å². The summed E-state index contributed by atoms with van der Waals surface area (Å²) in [6.07, 6.45) is 1.37. The molecule has 2 N–H and O–H groups in total. The second-order valence-electron chi connectivity index (χ2n) is 10.4. The van der Waals surface area contributed by atoms with Gasteiger partial charge in [-0.25, -0.2) is 9.82 Å². The van der Waals surface area contributed by atoms with Gasteiger partial charge in [-0.1, -0.05) is 52.0 Å². The summed E-state index contributed by atoms with van der Waals surface area (Å²) in [6, 6.07) is 13.6. The molecular weight excluding hydrogens is 563 g/mol. The van der Waals surface area contributed by atoms with Gasteiger partial charge in [0, 0.05) is 38.3 Å². The number of amides is 2. The lowest BCUT2D eigenvalue weighted by Gasteiger charge is -2.29. The molecule has 0 aliphatic rings. The van der Waals surface area contributed by atoms with Gasteiger partial charge in [-0.15, -0.1) is 11.3 Å². The fourth-order valence-electron chi connectivity index (χ4n) is 4.79. The number of aryl methyl sites for hydroxylation is 1. The molecule has 1 heterocycles. The van der Waals surface area contributed by atoms with E-state index in [-0.39, 0.29) is 11.7 Å². The number of hydrogen-bond acceptors (Lipinski definition) is 7. The predicted octanol–water partition coefficient (Wildman–Crippen LogP) is 5.70. The van der Waals surface area contributed by atoms with Crippen LogP contribution in [0, 0.1) is 12.7 Å². The molecule has 0 saturated carbocycles. The highest BCUT2D eigenvalue weighted by Gasteiger charge is 2.19. The summed E-state index contributed by atoms with van der Waals surface area (Å²) in [5.74, 6) is -1.11. The van der Waals surface area contributed by atoms with E-state index in [9.17, 15) is 14.0 Å². The van der Waals surface area contributed by atoms with Crippen molar-refractivity contribution in [2.45, 2.75) is 41.2 Å². The number of halogens is 1. The Morgan fingerprint density at radius 3 is 2.12 bits per heavy atom. The van der Waals surface area contributed by atoms with Crippen molar-refractivity contribution in [2.24, 2.45) is 5.10 Å². The van der Waals surface area contributed by atoms with Crippen molar-refractivity contribution in [2.75, 3.05) is 57.7 Å². The molecule has 43 heavy (non-hydrogen) atoms. The molecule has 0 saturated heterocycles. The van der Waals surface area contributed by atoms with Crippen LogP contribution >= 0.6 is 11.3 Å². The molecule has 0 spiro atoms. The lowest BCUT2D eigenvalue weighted by Crippen LogP contribution is -2.39. The summed E-state index contributed by atoms with van der Waals surface area (Å²) in [4.78, 5) is 33.6. The fourth-order valence-corrected chi connectivity index (χ4v) is 5.72. The molecule has 8 nitrogen and oxygen atoms in total. The van der Waals surface area contributed by atoms with Gasteiger partial charge in [0.2, 0.25) is 0 Å². The Kier molecular flexibility index (Phi) is 14.0. The van der Waals surface area contributed by atoms with Gasteiger partial charge in [0.25, 0.3) is 11.8 Å². The van der Waals surface area contributed by atoms with Crippen LogP contribution in [0.1, 0.15) is 65.1 Å². The maximum absolute atomic E-state index is 13.4. The summed E-state index contributed by atoms with van der Waals surface area (Å²) in [5.41, 5.74) is 5.69. The van der Waals surface area contributed by atoms with Gasteiger partial charge >= 0.3 is 0 Å². The smallest absolute Gasteiger partial charge is 0.274 e. The average molecular weight is 609 g/mol. The van der Waals surface area contributed by atoms with E-state index in [0.717, 1.165) is 70.0 Å². The van der Waals surface area contributed by atoms with Gasteiger partial charge in [0.05, 0.1) is 11.8 Å². The second-order valence-corrected chi connectivity index (χ2v) is 11.2. The molecule has 0 radical (unpaired) electrons. The molecule has 0 bridgehead atoms. The number of hydrazone groups is 1. The van der Waals surface area contributed by atoms with Gasteiger partial charge in [-0.05, 0) is 79.4 Å². The number of benzene rings is 2. The SMILES string of the molecule is CCN(CC)CCN(CCN(CC)CC)Cc1cccc(C(=O)Nc2scc(C)c2C(=O)NN=Cc2cccc(F)c2)c1. The number of nitrogens with one attached hydrogen (secondary N) is 2. The van der Waals surface area contributed by atoms with E-state index >= 15 is 0 Å². The first-order valence-corrected chi connectivity index (χ1v) is 15.9. The van der Waals surface area contributed by atoms with Gasteiger partial charge in [-0.2, -0.15) is 5.10 Å². The second kappa shape index (κ2) is 17.6. The lowest BCUT2D eigenvalue weighted by atomic mass is 10.1. The minimum Gasteiger partial charge on any atom is -0.313 e. The number of anilines is 1. The van der Waals surface area contributed by atoms with Crippen molar-refractivity contribution in [3.8, 4) is 0 Å². The number of likely N-dealkylation sites (N-methyl/N-ethyl adjacent to an activating group) is 2. The van der Waals surface area contributed by atoms with Crippen LogP contribution in [0.3, 0.4) is 0 Å². The third kappa shape index (κ3) is 10.7. The molecule has 1 aromatic heterocycles. The first kappa shape index (κ1) is 34.1. The number of carbonyl (C=O) groups excluding carboxylic acids is 2. The van der Waals surface area contributed by atoms with Crippen molar-refractivity contribution in [3.63, 3.8) is 0 Å². The average Bonchev–Trinajstić information content (AvgIpc) is 3.37. The molecule has 10 heteroatoms. The van der Waals surface area contributed by atoms with Crippen molar-refractivity contribution in [1.82, 2.24) is 20.1 Å². The zero-order valence-corrected chi connectivity index (χ0v) is 26.8. The molecule has 0 aliphatic carbocycles. The van der Waals surface area contributed by atoms with Crippen LogP contribution in [0.15, 0.2) is 59.0 Å². The van der Waals surface area contributed by atoms with E-state index in [0.29, 0.717) is 21.7 Å². The summed E-state index contributed by atoms with van der Waals surface area (Å²) in [7, 11) is 0. The molecule has 3 rings (SSSR count). The van der Waals surface area contributed by atoms with E-state index in [2.05, 4.69) is 64.3 Å². The standard InChI is InChI=1S/C33H45FN6O2S/c1-6-38(7-2)16-18-40(19-17-39(8-3)9-4)23-27-13-10-14-28(20-27)31(41)36-33-30(25(5)24-43-33)32(42)37-35-22-26-12-11-15-29(34)21-26/h10-15,20-22,24H,6-9,16-19,23H2,1-5H3,(H,36,41)(H,37,42). The van der Waals surface area contributed by atoms with Gasteiger partial charge in [0.15, 0.2) is 0 Å². The minimum absolute atomic E-state index is 0.279. The zero-order valence-electron chi connectivity index (χ0n) is 26.0. The Morgan fingerprint density at radius 2 is 1.49 bits per heavy atom. The molecule has 2 aromatic carbocycles. The number of nitrogens with zero attached hydrogens (tertiary/aromatic N) is 4. The molecule has 232 valence electrons. The molecule has 0 fully saturated rings. The van der Waals surface area contributed by atoms with Crippen molar-refractivity contribution in [1.29, 1.82) is 0 Å². The Hall–Kier alpha value is -3.44. The van der Waals surface area contributed by atoms with Gasteiger partial charge in [0.1, 0.15) is 10.8 Å². The maximum atomic E-state index is 13.4. The third-order valence-corrected chi connectivity index (χ3v) is 8.52. The van der Waals surface area contributed by atoms with Gasteiger partial charge < -0.3 is 15.1 Å². The van der Waals surface area contributed by atoms with Crippen molar-refractivity contribution >= 4 is 34.4 Å². The third-order valence-electron chi connectivity index (χ3n) is 7.51. The fraction of sp³-hybridized carbons (Fsp3) is 0.424. The summed E-state index contributed by atoms with van der Waals surface area (Å²) < 4.78 is 13.4. The number of thiophene rings is 1. The highest BCUT2D eigenvalue weighted by molar-refractivity contribution is 7.15. The maximum Gasteiger partial charge on any atom is 0.274 e. The zero-order chi connectivity index (χ0) is 31.2. The first-order chi connectivity index (χ1) is 20.8. The number of rotatable bonds is 17. The monoisotopic (exact) mass is 608 g/mol. The van der Waals surface area contributed by atoms with E-state index in [1.807, 2.05) is 24.4 Å². The van der Waals surface area contributed by atoms with Crippen LogP contribution in [0.2, 0.25) is 0 Å². The van der Waals surface area contributed by atoms with Crippen LogP contribution in [0.4, 0.5) is 9.39 Å². The van der Waals surface area contributed by atoms with Gasteiger partial charge in [-0.3, -0.25) is 14.5 Å². The van der Waals surface area contributed by atoms with Crippen molar-refractivity contribution in [3.05, 3.63) is 87.5 Å². The number of carbonyl (C=O) groups is 2. The largest absolute Gasteiger partial charge is 0.313 e. The Morgan fingerprint density at radius 1 is 0.860 bits per heavy atom. The molecule has 0 atom stereocenters. The first-order valence-electron chi connectivity index (χ1n) is 15.0. The quantitative estimate of drug-likeness (QED) is 0.152. The molecule has 3 aromatic rings. The van der Waals surface area contributed by atoms with Crippen LogP contribution in [-0.4, -0.2) is 85.1 Å². The summed E-state index contributed by atoms with van der Waals surface area (Å²) >= 11 is 1.29. The van der Waals surface area contributed by atoms with Crippen LogP contribution in [0.5, 0.6) is 0 Å². The van der Waals surface area contributed by atoms with Crippen molar-refractivity contribution < 1.29 is 14.0 Å². The highest BCUT2D eigenvalue weighted by atomic mass is 32.1. The van der Waals surface area contributed by atoms with Crippen LogP contribution < -0.4 is 10.7 Å². The van der Waals surface area contributed by atoms with E-state index < -0.39 is 5.91 Å². The predicted molar refractivity (Wildman–Crippen MR) is 176 cm³/mol. The Balaban J connectivity index is 1.69. The Bertz CT molecular complexity index is 1340. The normalized spacial score (nSPS) is 11.7. The summed E-state index contributed by atoms with van der Waals surface area (Å²) in [6.45, 7) is 19.3.